The van der Waals surface area contributed by atoms with E-state index in [9.17, 15) is 9.59 Å². The maximum Gasteiger partial charge on any atom is 0.336 e. The molecule has 1 saturated carbocycles. The van der Waals surface area contributed by atoms with Crippen molar-refractivity contribution in [2.75, 3.05) is 0 Å². The number of fused-ring (bicyclic) bond motifs is 1. The van der Waals surface area contributed by atoms with Crippen LogP contribution in [-0.4, -0.2) is 5.97 Å². The molecule has 3 rings (SSSR count). The Labute approximate surface area is 160 Å². The largest absolute Gasteiger partial charge is 0.461 e. The molecule has 0 saturated heterocycles. The van der Waals surface area contributed by atoms with Gasteiger partial charge in [0.25, 0.3) is 0 Å². The van der Waals surface area contributed by atoms with E-state index < -0.39 is 5.63 Å². The molecule has 0 bridgehead atoms. The Morgan fingerprint density at radius 2 is 1.81 bits per heavy atom. The van der Waals surface area contributed by atoms with Gasteiger partial charge in [-0.1, -0.05) is 32.9 Å². The molecule has 146 valence electrons. The van der Waals surface area contributed by atoms with E-state index in [0.29, 0.717) is 22.5 Å². The summed E-state index contributed by atoms with van der Waals surface area (Å²) in [7, 11) is 0. The molecule has 0 N–H and O–H groups in total. The van der Waals surface area contributed by atoms with Gasteiger partial charge in [0, 0.05) is 17.0 Å². The Hall–Kier alpha value is -2.10. The first-order valence-electron chi connectivity index (χ1n) is 9.86. The highest BCUT2D eigenvalue weighted by Crippen LogP contribution is 2.40. The van der Waals surface area contributed by atoms with Crippen LogP contribution in [0.5, 0.6) is 0 Å². The van der Waals surface area contributed by atoms with Crippen molar-refractivity contribution in [2.24, 2.45) is 17.3 Å². The van der Waals surface area contributed by atoms with Gasteiger partial charge in [0.15, 0.2) is 0 Å². The van der Waals surface area contributed by atoms with Crippen molar-refractivity contribution in [1.29, 1.82) is 0 Å². The molecule has 1 heterocycles. The van der Waals surface area contributed by atoms with Crippen LogP contribution >= 0.6 is 0 Å². The number of ether oxygens (including phenoxy) is 1. The van der Waals surface area contributed by atoms with Crippen molar-refractivity contribution in [1.82, 2.24) is 0 Å². The molecular weight excluding hydrogens is 340 g/mol. The first-order chi connectivity index (χ1) is 12.7. The Kier molecular flexibility index (Phi) is 5.45. The third kappa shape index (κ3) is 4.26. The van der Waals surface area contributed by atoms with Gasteiger partial charge in [0.05, 0.1) is 5.92 Å². The summed E-state index contributed by atoms with van der Waals surface area (Å²) in [5.41, 5.74) is 3.18. The van der Waals surface area contributed by atoms with Crippen LogP contribution in [-0.2, 0) is 16.1 Å². The molecule has 0 aliphatic heterocycles. The molecule has 4 heteroatoms. The Balaban J connectivity index is 1.70. The lowest BCUT2D eigenvalue weighted by molar-refractivity contribution is -0.151. The molecule has 0 unspecified atom stereocenters. The van der Waals surface area contributed by atoms with Crippen molar-refractivity contribution in [3.05, 3.63) is 45.3 Å². The van der Waals surface area contributed by atoms with E-state index in [0.717, 1.165) is 42.2 Å². The molecule has 1 aliphatic carbocycles. The van der Waals surface area contributed by atoms with Crippen LogP contribution < -0.4 is 5.63 Å². The van der Waals surface area contributed by atoms with Crippen LogP contribution in [0.15, 0.2) is 27.4 Å². The normalized spacial score (nSPS) is 20.6. The predicted molar refractivity (Wildman–Crippen MR) is 107 cm³/mol. The van der Waals surface area contributed by atoms with Gasteiger partial charge in [-0.15, -0.1) is 0 Å². The van der Waals surface area contributed by atoms with Crippen molar-refractivity contribution >= 4 is 16.9 Å². The Morgan fingerprint density at radius 3 is 2.44 bits per heavy atom. The smallest absolute Gasteiger partial charge is 0.336 e. The third-order valence-corrected chi connectivity index (χ3v) is 6.17. The first-order valence-corrected chi connectivity index (χ1v) is 9.86. The number of esters is 1. The van der Waals surface area contributed by atoms with E-state index in [1.807, 2.05) is 26.0 Å². The number of rotatable bonds is 3. The molecule has 1 aliphatic rings. The van der Waals surface area contributed by atoms with Crippen LogP contribution in [0.2, 0.25) is 0 Å². The summed E-state index contributed by atoms with van der Waals surface area (Å²) in [6.45, 7) is 10.8. The number of carbonyl (C=O) groups is 1. The summed E-state index contributed by atoms with van der Waals surface area (Å²) >= 11 is 0. The van der Waals surface area contributed by atoms with Crippen molar-refractivity contribution in [3.63, 3.8) is 0 Å². The van der Waals surface area contributed by atoms with Crippen LogP contribution in [0.4, 0.5) is 0 Å². The molecule has 27 heavy (non-hydrogen) atoms. The molecule has 4 nitrogen and oxygen atoms in total. The van der Waals surface area contributed by atoms with Crippen molar-refractivity contribution in [3.8, 4) is 0 Å². The highest BCUT2D eigenvalue weighted by atomic mass is 16.5. The van der Waals surface area contributed by atoms with E-state index in [1.54, 1.807) is 0 Å². The summed E-state index contributed by atoms with van der Waals surface area (Å²) in [4.78, 5) is 24.5. The average molecular weight is 370 g/mol. The fourth-order valence-corrected chi connectivity index (χ4v) is 4.11. The highest BCUT2D eigenvalue weighted by Gasteiger charge is 2.33. The molecule has 0 radical (unpaired) electrons. The topological polar surface area (TPSA) is 56.5 Å². The van der Waals surface area contributed by atoms with Crippen LogP contribution in [0.3, 0.4) is 0 Å². The number of hydrogen-bond donors (Lipinski definition) is 0. The van der Waals surface area contributed by atoms with E-state index >= 15 is 0 Å². The van der Waals surface area contributed by atoms with Crippen LogP contribution in [0, 0.1) is 31.1 Å². The molecule has 1 aromatic heterocycles. The summed E-state index contributed by atoms with van der Waals surface area (Å²) < 4.78 is 11.0. The molecule has 1 aromatic carbocycles. The minimum atomic E-state index is -0.409. The van der Waals surface area contributed by atoms with Crippen LogP contribution in [0.1, 0.15) is 63.1 Å². The predicted octanol–water partition coefficient (Wildman–Crippen LogP) is 5.31. The summed E-state index contributed by atoms with van der Waals surface area (Å²) in [5, 5.41) is 0.835. The lowest BCUT2D eigenvalue weighted by atomic mass is 9.70. The Bertz CT molecular complexity index is 893. The fraction of sp³-hybridized carbons (Fsp3) is 0.565. The van der Waals surface area contributed by atoms with Gasteiger partial charge in [-0.05, 0) is 62.0 Å². The third-order valence-electron chi connectivity index (χ3n) is 6.17. The highest BCUT2D eigenvalue weighted by molar-refractivity contribution is 5.84. The van der Waals surface area contributed by atoms with E-state index in [1.165, 1.54) is 6.07 Å². The fourth-order valence-electron chi connectivity index (χ4n) is 4.11. The van der Waals surface area contributed by atoms with E-state index in [-0.39, 0.29) is 18.5 Å². The lowest BCUT2D eigenvalue weighted by Gasteiger charge is -2.36. The average Bonchev–Trinajstić information content (AvgIpc) is 2.62. The molecular formula is C23H30O4. The monoisotopic (exact) mass is 370 g/mol. The maximum atomic E-state index is 12.5. The molecule has 2 aromatic rings. The second-order valence-electron chi connectivity index (χ2n) is 9.00. The maximum absolute atomic E-state index is 12.5. The molecule has 0 spiro atoms. The summed E-state index contributed by atoms with van der Waals surface area (Å²) in [6, 6.07) is 5.36. The summed E-state index contributed by atoms with van der Waals surface area (Å²) in [5.74, 6) is 0.488. The number of carbonyl (C=O) groups excluding carboxylic acids is 1. The van der Waals surface area contributed by atoms with Gasteiger partial charge in [-0.2, -0.15) is 0 Å². The lowest BCUT2D eigenvalue weighted by Crippen LogP contribution is -2.29. The second-order valence-corrected chi connectivity index (χ2v) is 9.00. The minimum Gasteiger partial charge on any atom is -0.461 e. The molecule has 0 amide bonds. The SMILES string of the molecule is Cc1ccc2c(COC(=O)C3CCC(C(C)(C)C)CC3)cc(=O)oc2c1C. The van der Waals surface area contributed by atoms with Gasteiger partial charge >= 0.3 is 11.6 Å². The van der Waals surface area contributed by atoms with Gasteiger partial charge in [-0.3, -0.25) is 4.79 Å². The first kappa shape index (κ1) is 19.7. The summed E-state index contributed by atoms with van der Waals surface area (Å²) in [6.07, 6.45) is 3.91. The number of hydrogen-bond acceptors (Lipinski definition) is 4. The number of aryl methyl sites for hydroxylation is 2. The minimum absolute atomic E-state index is 0.0287. The zero-order valence-corrected chi connectivity index (χ0v) is 17.1. The zero-order valence-electron chi connectivity index (χ0n) is 17.1. The van der Waals surface area contributed by atoms with Crippen molar-refractivity contribution in [2.45, 2.75) is 66.9 Å². The molecule has 1 fully saturated rings. The molecule has 0 atom stereocenters. The van der Waals surface area contributed by atoms with Crippen molar-refractivity contribution < 1.29 is 13.9 Å². The van der Waals surface area contributed by atoms with Gasteiger partial charge in [0.2, 0.25) is 0 Å². The Morgan fingerprint density at radius 1 is 1.15 bits per heavy atom. The quantitative estimate of drug-likeness (QED) is 0.543. The van der Waals surface area contributed by atoms with Gasteiger partial charge in [-0.25, -0.2) is 4.79 Å². The van der Waals surface area contributed by atoms with Gasteiger partial charge in [0.1, 0.15) is 12.2 Å². The van der Waals surface area contributed by atoms with E-state index in [2.05, 4.69) is 20.8 Å². The van der Waals surface area contributed by atoms with Gasteiger partial charge < -0.3 is 9.15 Å². The van der Waals surface area contributed by atoms with Crippen LogP contribution in [0.25, 0.3) is 11.0 Å². The standard InChI is InChI=1S/C23H30O4/c1-14-6-11-19-17(12-20(24)27-21(19)15(14)2)13-26-22(25)16-7-9-18(10-8-16)23(3,4)5/h6,11-12,16,18H,7-10,13H2,1-5H3. The second kappa shape index (κ2) is 7.49. The number of benzene rings is 1. The van der Waals surface area contributed by atoms with E-state index in [4.69, 9.17) is 9.15 Å². The zero-order chi connectivity index (χ0) is 19.8.